The van der Waals surface area contributed by atoms with E-state index in [2.05, 4.69) is 50.5 Å². The quantitative estimate of drug-likeness (QED) is 0.0346. The van der Waals surface area contributed by atoms with Crippen molar-refractivity contribution < 1.29 is 65.3 Å². The maximum Gasteiger partial charge on any atom is 0.488 e. The minimum atomic E-state index is -5.57. The topological polar surface area (TPSA) is 368 Å². The first-order chi connectivity index (χ1) is 25.0. The second-order valence-electron chi connectivity index (χ2n) is 10.5. The molecule has 1 aliphatic heterocycles. The Labute approximate surface area is 296 Å². The largest absolute Gasteiger partial charge is 0.497 e. The fourth-order valence-electron chi connectivity index (χ4n) is 4.85. The predicted octanol–water partition coefficient (Wildman–Crippen LogP) is 3.34. The highest BCUT2D eigenvalue weighted by Gasteiger charge is 2.42. The van der Waals surface area contributed by atoms with Gasteiger partial charge in [0, 0.05) is 29.1 Å². The molecular weight excluding hydrogens is 773 g/mol. The van der Waals surface area contributed by atoms with E-state index in [1.54, 1.807) is 0 Å². The van der Waals surface area contributed by atoms with Crippen LogP contribution in [0.4, 0.5) is 5.95 Å². The molecule has 1 fully saturated rings. The molecule has 2 aromatic heterocycles. The number of phosphoric acid groups is 2. The summed E-state index contributed by atoms with van der Waals surface area (Å²) in [5.74, 6) is 4.75. The monoisotopic (exact) mass is 802 g/mol. The minimum absolute atomic E-state index is 0.00543. The zero-order valence-electron chi connectivity index (χ0n) is 27.3. The molecule has 0 radical (unpaired) electrons. The second-order valence-corrected chi connectivity index (χ2v) is 15.5. The van der Waals surface area contributed by atoms with Crippen molar-refractivity contribution in [1.82, 2.24) is 14.5 Å². The second kappa shape index (κ2) is 17.4. The lowest BCUT2D eigenvalue weighted by Gasteiger charge is -2.22. The van der Waals surface area contributed by atoms with Gasteiger partial charge in [-0.3, -0.25) is 14.3 Å². The summed E-state index contributed by atoms with van der Waals surface area (Å²) in [6.45, 7) is -1.03. The Morgan fingerprint density at radius 2 is 1.94 bits per heavy atom. The lowest BCUT2D eigenvalue weighted by atomic mass is 10.1. The van der Waals surface area contributed by atoms with Gasteiger partial charge in [-0.25, -0.2) is 18.2 Å². The van der Waals surface area contributed by atoms with Crippen LogP contribution < -0.4 is 16.0 Å². The number of benzene rings is 1. The van der Waals surface area contributed by atoms with Crippen molar-refractivity contribution in [2.75, 3.05) is 39.5 Å². The molecule has 53 heavy (non-hydrogen) atoms. The van der Waals surface area contributed by atoms with E-state index in [1.165, 1.54) is 36.1 Å². The summed E-state index contributed by atoms with van der Waals surface area (Å²) >= 11 is 0. The minimum Gasteiger partial charge on any atom is -0.497 e. The molecular formula is C25H29N10O15P3. The number of hydrogen-bond donors (Lipinski definition) is 5. The summed E-state index contributed by atoms with van der Waals surface area (Å²) in [7, 11) is -14.2. The van der Waals surface area contributed by atoms with Crippen LogP contribution in [-0.2, 0) is 47.6 Å². The molecule has 3 unspecified atom stereocenters. The van der Waals surface area contributed by atoms with Crippen LogP contribution in [0.5, 0.6) is 5.75 Å². The van der Waals surface area contributed by atoms with Gasteiger partial charge in [-0.05, 0) is 34.8 Å². The lowest BCUT2D eigenvalue weighted by molar-refractivity contribution is -0.0557. The fraction of sp³-hybridized carbons (Fsp3) is 0.400. The number of rotatable bonds is 16. The Morgan fingerprint density at radius 3 is 2.62 bits per heavy atom. The van der Waals surface area contributed by atoms with Gasteiger partial charge in [-0.15, -0.1) is 0 Å². The van der Waals surface area contributed by atoms with Gasteiger partial charge < -0.3 is 48.5 Å². The van der Waals surface area contributed by atoms with Gasteiger partial charge in [-0.1, -0.05) is 22.1 Å². The molecule has 28 heteroatoms. The number of carbonyl (C=O) groups is 1. The van der Waals surface area contributed by atoms with Crippen molar-refractivity contribution in [2.24, 2.45) is 10.2 Å². The van der Waals surface area contributed by atoms with E-state index in [0.29, 0.717) is 11.3 Å². The van der Waals surface area contributed by atoms with E-state index in [1.807, 2.05) is 0 Å². The number of anilines is 1. The van der Waals surface area contributed by atoms with Crippen molar-refractivity contribution in [1.29, 1.82) is 0 Å². The third-order valence-electron chi connectivity index (χ3n) is 6.87. The standard InChI is InChI=1S/C25H29N10O15P3/c1-44-16-5-6-17(15(8-16)10-29-33-27)24(37)45-7-3-4-14-11-35(22-21(14)23(36)32-25(26)31-22)20-9-18(46-13-30-34-28)19(48-20)12-47-51(2,38)49-53(42,43)50-52(39,40)41/h5-6,8,11,18-20H,7,9-10,12-13H2,1-2H3,(H,42,43)(H2,39,40,41)(H3,26,31,32,36)/t18?,19-,20-,51?/m1/s1. The van der Waals surface area contributed by atoms with Crippen LogP contribution in [0.25, 0.3) is 31.9 Å². The Bertz CT molecular complexity index is 2240. The van der Waals surface area contributed by atoms with E-state index < -0.39 is 73.2 Å². The number of nitrogens with one attached hydrogen (secondary N) is 1. The molecule has 0 saturated carbocycles. The molecule has 3 heterocycles. The molecule has 4 rings (SSSR count). The summed E-state index contributed by atoms with van der Waals surface area (Å²) in [4.78, 5) is 64.9. The highest BCUT2D eigenvalue weighted by atomic mass is 31.3. The normalized spacial score (nSPS) is 19.2. The van der Waals surface area contributed by atoms with Gasteiger partial charge in [0.25, 0.3) is 5.56 Å². The third-order valence-corrected chi connectivity index (χ3v) is 11.2. The van der Waals surface area contributed by atoms with Crippen LogP contribution in [0.15, 0.2) is 39.4 Å². The zero-order chi connectivity index (χ0) is 39.0. The maximum absolute atomic E-state index is 13.0. The molecule has 6 N–H and O–H groups in total. The molecule has 5 atom stereocenters. The van der Waals surface area contributed by atoms with Crippen molar-refractivity contribution in [3.05, 3.63) is 72.3 Å². The average molecular weight is 802 g/mol. The lowest BCUT2D eigenvalue weighted by Crippen LogP contribution is -2.29. The number of nitrogens with zero attached hydrogens (tertiary/aromatic N) is 8. The van der Waals surface area contributed by atoms with Crippen molar-refractivity contribution in [3.8, 4) is 17.6 Å². The number of aromatic nitrogens is 3. The Kier molecular flexibility index (Phi) is 13.5. The van der Waals surface area contributed by atoms with E-state index in [4.69, 9.17) is 50.1 Å². The van der Waals surface area contributed by atoms with Gasteiger partial charge in [0.1, 0.15) is 24.8 Å². The fourth-order valence-corrected chi connectivity index (χ4v) is 8.42. The SMILES string of the molecule is COc1ccc(C(=O)OCC#Cc2cn([C@H]3CC(OCN=[N+]=[N-])[C@@H](COP(C)(=O)OP(=O)(O)OP(=O)(O)O)O3)c3nc(N)[nH]c(=O)c23)c(CN=[N+]=[N-])c1. The number of carbonyl (C=O) groups excluding carboxylic acids is 1. The van der Waals surface area contributed by atoms with Gasteiger partial charge >= 0.3 is 29.2 Å². The van der Waals surface area contributed by atoms with Gasteiger partial charge in [0.15, 0.2) is 12.3 Å². The number of aromatic amines is 1. The number of ether oxygens (including phenoxy) is 4. The van der Waals surface area contributed by atoms with Gasteiger partial charge in [-0.2, -0.15) is 9.29 Å². The zero-order valence-corrected chi connectivity index (χ0v) is 30.0. The predicted molar refractivity (Wildman–Crippen MR) is 179 cm³/mol. The molecule has 0 bridgehead atoms. The van der Waals surface area contributed by atoms with E-state index >= 15 is 0 Å². The first-order valence-electron chi connectivity index (χ1n) is 14.5. The molecule has 1 saturated heterocycles. The number of azide groups is 2. The van der Waals surface area contributed by atoms with Crippen molar-refractivity contribution >= 4 is 46.2 Å². The van der Waals surface area contributed by atoms with Crippen LogP contribution in [-0.4, -0.2) is 81.1 Å². The summed E-state index contributed by atoms with van der Waals surface area (Å²) in [5.41, 5.74) is 23.0. The van der Waals surface area contributed by atoms with E-state index in [-0.39, 0.29) is 41.1 Å². The number of nitrogens with two attached hydrogens (primary N) is 1. The molecule has 0 amide bonds. The number of fused-ring (bicyclic) bond motifs is 1. The highest BCUT2D eigenvalue weighted by molar-refractivity contribution is 7.68. The van der Waals surface area contributed by atoms with E-state index in [0.717, 1.165) is 6.66 Å². The molecule has 25 nitrogen and oxygen atoms in total. The first kappa shape index (κ1) is 41.0. The number of methoxy groups -OCH3 is 1. The summed E-state index contributed by atoms with van der Waals surface area (Å²) in [6.07, 6.45) is -1.85. The Hall–Kier alpha value is -4.74. The number of nitrogen functional groups attached to an aromatic ring is 1. The van der Waals surface area contributed by atoms with Crippen molar-refractivity contribution in [3.63, 3.8) is 0 Å². The number of hydrogen-bond acceptors (Lipinski definition) is 16. The van der Waals surface area contributed by atoms with Crippen LogP contribution in [0.3, 0.4) is 0 Å². The Morgan fingerprint density at radius 1 is 1.21 bits per heavy atom. The molecule has 284 valence electrons. The summed E-state index contributed by atoms with van der Waals surface area (Å²) in [6, 6.07) is 4.46. The van der Waals surface area contributed by atoms with Crippen LogP contribution in [0.1, 0.15) is 34.1 Å². The van der Waals surface area contributed by atoms with Crippen molar-refractivity contribution in [2.45, 2.75) is 31.4 Å². The smallest absolute Gasteiger partial charge is 0.488 e. The van der Waals surface area contributed by atoms with Gasteiger partial charge in [0.05, 0.1) is 42.9 Å². The van der Waals surface area contributed by atoms with E-state index in [9.17, 15) is 28.2 Å². The van der Waals surface area contributed by atoms with Crippen LogP contribution >= 0.6 is 23.2 Å². The highest BCUT2D eigenvalue weighted by Crippen LogP contribution is 2.66. The maximum atomic E-state index is 13.0. The molecule has 1 aliphatic rings. The molecule has 3 aromatic rings. The van der Waals surface area contributed by atoms with Gasteiger partial charge in [0.2, 0.25) is 5.95 Å². The molecule has 0 spiro atoms. The average Bonchev–Trinajstić information content (AvgIpc) is 3.64. The van der Waals surface area contributed by atoms with Crippen LogP contribution in [0.2, 0.25) is 0 Å². The first-order valence-corrected chi connectivity index (χ1v) is 19.5. The Balaban J connectivity index is 1.57. The number of esters is 1. The van der Waals surface area contributed by atoms with Crippen LogP contribution in [0, 0.1) is 11.8 Å². The molecule has 0 aliphatic carbocycles. The summed E-state index contributed by atoms with van der Waals surface area (Å²) in [5, 5.41) is 6.74. The number of H-pyrrole nitrogens is 1. The third kappa shape index (κ3) is 11.4. The molecule has 1 aromatic carbocycles. The summed E-state index contributed by atoms with van der Waals surface area (Å²) < 4.78 is 72.2.